The van der Waals surface area contributed by atoms with Crippen LogP contribution in [0.2, 0.25) is 0 Å². The van der Waals surface area contributed by atoms with Crippen LogP contribution < -0.4 is 29.0 Å². The van der Waals surface area contributed by atoms with Gasteiger partial charge in [-0.3, -0.25) is 4.57 Å². The van der Waals surface area contributed by atoms with Crippen molar-refractivity contribution in [3.63, 3.8) is 0 Å². The normalized spacial score (nSPS) is 14.6. The zero-order valence-corrected chi connectivity index (χ0v) is 31.8. The summed E-state index contributed by atoms with van der Waals surface area (Å²) in [7, 11) is 0. The van der Waals surface area contributed by atoms with Crippen molar-refractivity contribution in [1.29, 1.82) is 0 Å². The van der Waals surface area contributed by atoms with E-state index in [1.54, 1.807) is 6.07 Å². The second-order valence-electron chi connectivity index (χ2n) is 15.1. The molecule has 10 aromatic rings. The summed E-state index contributed by atoms with van der Waals surface area (Å²) < 4.78 is 2.25. The number of benzene rings is 8. The fraction of sp³-hybridized carbons (Fsp3) is 0.0189. The third kappa shape index (κ3) is 4.77. The molecule has 266 valence electrons. The minimum absolute atomic E-state index is 0. The first-order valence-corrected chi connectivity index (χ1v) is 19.4. The smallest absolute Gasteiger partial charge is 0.868 e. The Morgan fingerprint density at radius 2 is 1.03 bits per heavy atom. The molecule has 2 aliphatic carbocycles. The van der Waals surface area contributed by atoms with Gasteiger partial charge in [0.1, 0.15) is 5.82 Å². The van der Waals surface area contributed by atoms with Crippen LogP contribution in [0.1, 0.15) is 22.3 Å². The fourth-order valence-electron chi connectivity index (χ4n) is 9.81. The molecule has 1 atom stereocenters. The van der Waals surface area contributed by atoms with Crippen molar-refractivity contribution < 1.29 is 29.0 Å². The van der Waals surface area contributed by atoms with Crippen molar-refractivity contribution in [1.82, 2.24) is 9.55 Å². The van der Waals surface area contributed by atoms with E-state index in [-0.39, 0.29) is 24.6 Å². The first kappa shape index (κ1) is 34.3. The Bertz CT molecular complexity index is 3250. The van der Waals surface area contributed by atoms with E-state index < -0.39 is 5.41 Å². The zero-order valence-electron chi connectivity index (χ0n) is 31.8. The largest absolute Gasteiger partial charge is 1.00 e. The number of hydrogen-bond donors (Lipinski definition) is 0. The summed E-state index contributed by atoms with van der Waals surface area (Å²) in [5.74, 6) is 0.913. The molecule has 4 nitrogen and oxygen atoms in total. The van der Waals surface area contributed by atoms with Crippen LogP contribution in [-0.4, -0.2) is 9.55 Å². The van der Waals surface area contributed by atoms with E-state index in [0.29, 0.717) is 5.52 Å². The third-order valence-corrected chi connectivity index (χ3v) is 12.2. The van der Waals surface area contributed by atoms with Crippen molar-refractivity contribution >= 4 is 21.9 Å². The Labute approximate surface area is 347 Å². The molecule has 0 aliphatic heterocycles. The predicted octanol–water partition coefficient (Wildman–Crippen LogP) is 8.41. The van der Waals surface area contributed by atoms with Gasteiger partial charge in [0.25, 0.3) is 0 Å². The van der Waals surface area contributed by atoms with E-state index in [0.717, 1.165) is 50.2 Å². The maximum atomic E-state index is 12.9. The Morgan fingerprint density at radius 1 is 0.466 bits per heavy atom. The summed E-state index contributed by atoms with van der Waals surface area (Å²) in [4.78, 5) is 8.32. The van der Waals surface area contributed by atoms with Crippen molar-refractivity contribution in [2.24, 2.45) is 0 Å². The third-order valence-electron chi connectivity index (χ3n) is 12.2. The molecular weight excluding hydrogens is 702 g/mol. The van der Waals surface area contributed by atoms with Crippen LogP contribution in [-0.2, 0) is 5.41 Å². The molecule has 0 fully saturated rings. The summed E-state index contributed by atoms with van der Waals surface area (Å²) in [5.41, 5.74) is 18.9. The molecule has 1 spiro atoms. The average Bonchev–Trinajstić information content (AvgIpc) is 3.91. The molecule has 58 heavy (non-hydrogen) atoms. The fourth-order valence-corrected chi connectivity index (χ4v) is 9.81. The molecule has 0 bridgehead atoms. The van der Waals surface area contributed by atoms with Gasteiger partial charge in [-0.15, -0.1) is 0 Å². The van der Waals surface area contributed by atoms with Crippen LogP contribution in [0, 0.1) is 0 Å². The van der Waals surface area contributed by atoms with Crippen LogP contribution in [0.3, 0.4) is 0 Å². The van der Waals surface area contributed by atoms with Gasteiger partial charge in [-0.05, 0) is 115 Å². The van der Waals surface area contributed by atoms with E-state index >= 15 is 0 Å². The molecule has 8 aromatic carbocycles. The number of para-hydroxylation sites is 3. The number of aromatic amines is 1. The monoisotopic (exact) mass is 734 g/mol. The first-order chi connectivity index (χ1) is 28.2. The molecule has 2 aliphatic rings. The predicted molar refractivity (Wildman–Crippen MR) is 227 cm³/mol. The van der Waals surface area contributed by atoms with Crippen molar-refractivity contribution in [2.75, 3.05) is 0 Å². The second-order valence-corrected chi connectivity index (χ2v) is 15.1. The number of fused-ring (bicyclic) bond motifs is 12. The summed E-state index contributed by atoms with van der Waals surface area (Å²) in [6.07, 6.45) is 1.82. The Balaban J connectivity index is 0.00000385. The second kappa shape index (κ2) is 13.0. The number of rotatable bonds is 4. The van der Waals surface area contributed by atoms with Crippen LogP contribution >= 0.6 is 0 Å². The number of aromatic nitrogens is 3. The Hall–Kier alpha value is -6.96. The number of hydrogen-bond acceptors (Lipinski definition) is 2. The van der Waals surface area contributed by atoms with E-state index in [4.69, 9.17) is 4.98 Å². The molecule has 0 saturated carbocycles. The van der Waals surface area contributed by atoms with Crippen molar-refractivity contribution in [2.45, 2.75) is 5.41 Å². The summed E-state index contributed by atoms with van der Waals surface area (Å²) in [5, 5.41) is 13.8. The van der Waals surface area contributed by atoms with Gasteiger partial charge in [0.05, 0.1) is 21.8 Å². The van der Waals surface area contributed by atoms with Gasteiger partial charge in [0.15, 0.2) is 6.20 Å². The standard InChI is InChI=1S/C53H33N3O.Li/c57-50-29-28-38(43-15-10-30-54-51(43)50)36-25-27-42-40-14-5-7-17-45(40)53(47(42)32-36)44-16-6-4-13-39(44)41-26-24-35(31-46(41)53)33-20-22-34(23-21-33)52-55-48-18-8-9-19-49(48)56(52)37-11-2-1-3-12-37;/h1-32,57H;/q;+1. The summed E-state index contributed by atoms with van der Waals surface area (Å²) in [6.45, 7) is 0. The Kier molecular flexibility index (Phi) is 7.71. The summed E-state index contributed by atoms with van der Waals surface area (Å²) >= 11 is 0. The molecule has 1 N–H and O–H groups in total. The number of imidazole rings is 1. The molecule has 5 heteroatoms. The molecule has 2 aromatic heterocycles. The average molecular weight is 735 g/mol. The van der Waals surface area contributed by atoms with Crippen molar-refractivity contribution in [3.8, 4) is 67.3 Å². The Morgan fingerprint density at radius 3 is 1.78 bits per heavy atom. The molecule has 0 radical (unpaired) electrons. The van der Waals surface area contributed by atoms with Crippen molar-refractivity contribution in [3.05, 3.63) is 217 Å². The first-order valence-electron chi connectivity index (χ1n) is 19.4. The number of H-pyrrole nitrogens is 1. The van der Waals surface area contributed by atoms with Crippen LogP contribution in [0.25, 0.3) is 83.5 Å². The summed E-state index contributed by atoms with van der Waals surface area (Å²) in [6, 6.07) is 67.1. The van der Waals surface area contributed by atoms with Crippen LogP contribution in [0.5, 0.6) is 5.75 Å². The van der Waals surface area contributed by atoms with E-state index in [1.165, 1.54) is 50.1 Å². The van der Waals surface area contributed by atoms with Gasteiger partial charge in [-0.1, -0.05) is 140 Å². The van der Waals surface area contributed by atoms with E-state index in [2.05, 4.69) is 161 Å². The SMILES string of the molecule is [Li+].[O-]c1ccc(-c2ccc3c(c2)C2(c4ccccc4-c4ccc(-c5ccc(-c6nc7ccccc7n6-c6ccccc6)cc5)cc42)c2ccccc2-3)c2ccc[nH+]c12. The quantitative estimate of drug-likeness (QED) is 0.171. The van der Waals surface area contributed by atoms with E-state index in [9.17, 15) is 5.11 Å². The molecule has 2 heterocycles. The maximum absolute atomic E-state index is 12.9. The topological polar surface area (TPSA) is 55.0 Å². The van der Waals surface area contributed by atoms with Crippen LogP contribution in [0.4, 0.5) is 0 Å². The van der Waals surface area contributed by atoms with Gasteiger partial charge >= 0.3 is 18.9 Å². The van der Waals surface area contributed by atoms with Crippen LogP contribution in [0.15, 0.2) is 194 Å². The van der Waals surface area contributed by atoms with Gasteiger partial charge in [-0.25, -0.2) is 9.97 Å². The molecule has 0 saturated heterocycles. The van der Waals surface area contributed by atoms with Gasteiger partial charge in [0.2, 0.25) is 5.52 Å². The number of pyridine rings is 1. The molecule has 12 rings (SSSR count). The zero-order chi connectivity index (χ0) is 37.7. The molecule has 1 unspecified atom stereocenters. The minimum atomic E-state index is -0.523. The molecule has 0 amide bonds. The number of nitrogens with one attached hydrogen (secondary N) is 1. The maximum Gasteiger partial charge on any atom is 1.00 e. The number of nitrogens with zero attached hydrogens (tertiary/aromatic N) is 2. The minimum Gasteiger partial charge on any atom is -0.868 e. The van der Waals surface area contributed by atoms with E-state index in [1.807, 2.05) is 36.5 Å². The van der Waals surface area contributed by atoms with Gasteiger partial charge in [-0.2, -0.15) is 0 Å². The molecular formula is C53H33LiN3O+. The van der Waals surface area contributed by atoms with Gasteiger partial charge in [0, 0.05) is 17.3 Å². The van der Waals surface area contributed by atoms with Gasteiger partial charge < -0.3 is 5.11 Å².